The van der Waals surface area contributed by atoms with Gasteiger partial charge in [-0.3, -0.25) is 14.6 Å². The fraction of sp³-hybridized carbons (Fsp3) is 0.308. The van der Waals surface area contributed by atoms with E-state index >= 15 is 0 Å². The molecule has 90 valence electrons. The third kappa shape index (κ3) is 2.25. The average molecular weight is 232 g/mol. The van der Waals surface area contributed by atoms with Gasteiger partial charge in [-0.25, -0.2) is 0 Å². The Bertz CT molecular complexity index is 550. The third-order valence-electron chi connectivity index (χ3n) is 2.66. The number of aromatic nitrogens is 2. The first kappa shape index (κ1) is 11.5. The van der Waals surface area contributed by atoms with Crippen molar-refractivity contribution in [2.75, 3.05) is 7.11 Å². The predicted octanol–water partition coefficient (Wildman–Crippen LogP) is 2.43. The lowest BCUT2D eigenvalue weighted by Crippen LogP contribution is -2.17. The molecule has 0 bridgehead atoms. The molecule has 0 amide bonds. The van der Waals surface area contributed by atoms with Crippen molar-refractivity contribution >= 4 is 0 Å². The molecule has 0 aliphatic rings. The minimum atomic E-state index is -0.00850. The number of hydrogen-bond donors (Lipinski definition) is 1. The van der Waals surface area contributed by atoms with Crippen molar-refractivity contribution in [3.8, 4) is 17.0 Å². The van der Waals surface area contributed by atoms with Gasteiger partial charge in [0, 0.05) is 12.1 Å². The van der Waals surface area contributed by atoms with Gasteiger partial charge in [0.15, 0.2) is 0 Å². The number of aromatic amines is 1. The van der Waals surface area contributed by atoms with Crippen molar-refractivity contribution in [3.63, 3.8) is 0 Å². The van der Waals surface area contributed by atoms with Gasteiger partial charge in [0.1, 0.15) is 5.75 Å². The van der Waals surface area contributed by atoms with Gasteiger partial charge < -0.3 is 4.74 Å². The van der Waals surface area contributed by atoms with Crippen molar-refractivity contribution in [1.82, 2.24) is 9.78 Å². The summed E-state index contributed by atoms with van der Waals surface area (Å²) in [5.41, 5.74) is 1.79. The molecule has 4 nitrogen and oxygen atoms in total. The summed E-state index contributed by atoms with van der Waals surface area (Å²) in [5.74, 6) is 0.805. The molecule has 0 fully saturated rings. The summed E-state index contributed by atoms with van der Waals surface area (Å²) in [6, 6.07) is 9.35. The number of hydrogen-bond acceptors (Lipinski definition) is 2. The van der Waals surface area contributed by atoms with E-state index in [9.17, 15) is 4.79 Å². The van der Waals surface area contributed by atoms with Crippen LogP contribution in [0.5, 0.6) is 5.75 Å². The van der Waals surface area contributed by atoms with Crippen LogP contribution in [0.1, 0.15) is 19.9 Å². The lowest BCUT2D eigenvalue weighted by molar-refractivity contribution is 0.415. The summed E-state index contributed by atoms with van der Waals surface area (Å²) in [4.78, 5) is 11.7. The monoisotopic (exact) mass is 232 g/mol. The van der Waals surface area contributed by atoms with E-state index in [4.69, 9.17) is 4.74 Å². The molecule has 0 aliphatic carbocycles. The van der Waals surface area contributed by atoms with Gasteiger partial charge in [-0.2, -0.15) is 0 Å². The first-order valence-electron chi connectivity index (χ1n) is 5.58. The van der Waals surface area contributed by atoms with Crippen molar-refractivity contribution in [2.24, 2.45) is 0 Å². The molecule has 0 saturated carbocycles. The number of ether oxygens (including phenoxy) is 1. The number of rotatable bonds is 3. The van der Waals surface area contributed by atoms with Crippen LogP contribution in [0.3, 0.4) is 0 Å². The second-order valence-electron chi connectivity index (χ2n) is 4.20. The normalized spacial score (nSPS) is 10.8. The Labute approximate surface area is 99.8 Å². The molecule has 2 aromatic rings. The van der Waals surface area contributed by atoms with Crippen LogP contribution in [0.4, 0.5) is 0 Å². The Balaban J connectivity index is 2.39. The van der Waals surface area contributed by atoms with Gasteiger partial charge in [-0.1, -0.05) is 0 Å². The Morgan fingerprint density at radius 3 is 2.35 bits per heavy atom. The Morgan fingerprint density at radius 1 is 1.24 bits per heavy atom. The standard InChI is InChI=1S/C13H16N2O2/c1-9(2)15-13(16)8-12(14-15)10-4-6-11(17-3)7-5-10/h4-9,14H,1-3H3. The molecule has 1 aromatic carbocycles. The molecule has 0 spiro atoms. The first-order chi connectivity index (χ1) is 8.11. The van der Waals surface area contributed by atoms with Crippen LogP contribution in [-0.2, 0) is 0 Å². The molecule has 0 unspecified atom stereocenters. The van der Waals surface area contributed by atoms with E-state index < -0.39 is 0 Å². The highest BCUT2D eigenvalue weighted by molar-refractivity contribution is 5.59. The molecule has 0 radical (unpaired) electrons. The maximum Gasteiger partial charge on any atom is 0.267 e. The van der Waals surface area contributed by atoms with Gasteiger partial charge in [0.25, 0.3) is 5.56 Å². The molecule has 2 rings (SSSR count). The van der Waals surface area contributed by atoms with Gasteiger partial charge in [0.2, 0.25) is 0 Å². The molecule has 0 atom stereocenters. The average Bonchev–Trinajstić information content (AvgIpc) is 2.71. The van der Waals surface area contributed by atoms with E-state index in [1.54, 1.807) is 17.9 Å². The van der Waals surface area contributed by atoms with Gasteiger partial charge in [-0.05, 0) is 43.7 Å². The summed E-state index contributed by atoms with van der Waals surface area (Å²) < 4.78 is 6.71. The fourth-order valence-electron chi connectivity index (χ4n) is 1.71. The van der Waals surface area contributed by atoms with Crippen LogP contribution in [0.2, 0.25) is 0 Å². The number of H-pyrrole nitrogens is 1. The van der Waals surface area contributed by atoms with E-state index in [0.717, 1.165) is 17.0 Å². The predicted molar refractivity (Wildman–Crippen MR) is 67.4 cm³/mol. The summed E-state index contributed by atoms with van der Waals surface area (Å²) in [6.45, 7) is 3.94. The molecule has 1 aromatic heterocycles. The van der Waals surface area contributed by atoms with Crippen LogP contribution in [-0.4, -0.2) is 16.9 Å². The van der Waals surface area contributed by atoms with E-state index in [0.29, 0.717) is 0 Å². The first-order valence-corrected chi connectivity index (χ1v) is 5.58. The minimum Gasteiger partial charge on any atom is -0.497 e. The van der Waals surface area contributed by atoms with E-state index in [2.05, 4.69) is 5.10 Å². The smallest absolute Gasteiger partial charge is 0.267 e. The van der Waals surface area contributed by atoms with E-state index in [1.165, 1.54) is 0 Å². The summed E-state index contributed by atoms with van der Waals surface area (Å²) in [6.07, 6.45) is 0. The number of benzene rings is 1. The van der Waals surface area contributed by atoms with E-state index in [1.807, 2.05) is 38.1 Å². The van der Waals surface area contributed by atoms with Crippen molar-refractivity contribution < 1.29 is 4.74 Å². The minimum absolute atomic E-state index is 0.00850. The quantitative estimate of drug-likeness (QED) is 0.883. The van der Waals surface area contributed by atoms with Crippen molar-refractivity contribution in [2.45, 2.75) is 19.9 Å². The number of nitrogens with one attached hydrogen (secondary N) is 1. The maximum atomic E-state index is 11.7. The Morgan fingerprint density at radius 2 is 1.88 bits per heavy atom. The largest absolute Gasteiger partial charge is 0.497 e. The lowest BCUT2D eigenvalue weighted by Gasteiger charge is -2.05. The zero-order valence-electron chi connectivity index (χ0n) is 10.2. The van der Waals surface area contributed by atoms with Crippen molar-refractivity contribution in [1.29, 1.82) is 0 Å². The molecule has 1 N–H and O–H groups in total. The summed E-state index contributed by atoms with van der Waals surface area (Å²) >= 11 is 0. The molecule has 0 aliphatic heterocycles. The molecule has 17 heavy (non-hydrogen) atoms. The Hall–Kier alpha value is -1.97. The summed E-state index contributed by atoms with van der Waals surface area (Å²) in [5, 5.41) is 3.10. The van der Waals surface area contributed by atoms with Crippen LogP contribution < -0.4 is 10.3 Å². The Kier molecular flexibility index (Phi) is 3.04. The van der Waals surface area contributed by atoms with Crippen LogP contribution in [0.15, 0.2) is 35.1 Å². The van der Waals surface area contributed by atoms with E-state index in [-0.39, 0.29) is 11.6 Å². The molecule has 1 heterocycles. The van der Waals surface area contributed by atoms with Crippen LogP contribution >= 0.6 is 0 Å². The highest BCUT2D eigenvalue weighted by Gasteiger charge is 2.07. The highest BCUT2D eigenvalue weighted by atomic mass is 16.5. The van der Waals surface area contributed by atoms with Gasteiger partial charge >= 0.3 is 0 Å². The van der Waals surface area contributed by atoms with Crippen molar-refractivity contribution in [3.05, 3.63) is 40.7 Å². The summed E-state index contributed by atoms with van der Waals surface area (Å²) in [7, 11) is 1.63. The molecular formula is C13H16N2O2. The molecule has 4 heteroatoms. The lowest BCUT2D eigenvalue weighted by atomic mass is 10.1. The zero-order valence-corrected chi connectivity index (χ0v) is 10.2. The van der Waals surface area contributed by atoms with Gasteiger partial charge in [0.05, 0.1) is 12.8 Å². The zero-order chi connectivity index (χ0) is 12.4. The third-order valence-corrected chi connectivity index (χ3v) is 2.66. The van der Waals surface area contributed by atoms with Crippen LogP contribution in [0, 0.1) is 0 Å². The van der Waals surface area contributed by atoms with Gasteiger partial charge in [-0.15, -0.1) is 0 Å². The number of methoxy groups -OCH3 is 1. The second kappa shape index (κ2) is 4.49. The maximum absolute atomic E-state index is 11.7. The van der Waals surface area contributed by atoms with Crippen LogP contribution in [0.25, 0.3) is 11.3 Å². The SMILES string of the molecule is COc1ccc(-c2cc(=O)n(C(C)C)[nH]2)cc1. The molecule has 0 saturated heterocycles. The highest BCUT2D eigenvalue weighted by Crippen LogP contribution is 2.19. The molecular weight excluding hydrogens is 216 g/mol. The topological polar surface area (TPSA) is 47.0 Å². The fourth-order valence-corrected chi connectivity index (χ4v) is 1.71. The number of nitrogens with zero attached hydrogens (tertiary/aromatic N) is 1. The second-order valence-corrected chi connectivity index (χ2v) is 4.20.